The SMILES string of the molecule is CC(=O)c1ccccc1N(C1CC1)C1COC1. The van der Waals surface area contributed by atoms with Gasteiger partial charge in [-0.15, -0.1) is 0 Å². The lowest BCUT2D eigenvalue weighted by molar-refractivity contribution is 0.00735. The van der Waals surface area contributed by atoms with Crippen molar-refractivity contribution in [1.82, 2.24) is 0 Å². The highest BCUT2D eigenvalue weighted by Gasteiger charge is 2.38. The number of hydrogen-bond acceptors (Lipinski definition) is 3. The van der Waals surface area contributed by atoms with Crippen LogP contribution in [0.4, 0.5) is 5.69 Å². The van der Waals surface area contributed by atoms with Crippen molar-refractivity contribution >= 4 is 11.5 Å². The summed E-state index contributed by atoms with van der Waals surface area (Å²) >= 11 is 0. The van der Waals surface area contributed by atoms with Gasteiger partial charge in [-0.05, 0) is 31.9 Å². The fourth-order valence-corrected chi connectivity index (χ4v) is 2.42. The predicted molar refractivity (Wildman–Crippen MR) is 66.6 cm³/mol. The highest BCUT2D eigenvalue weighted by atomic mass is 16.5. The molecular formula is C14H17NO2. The first kappa shape index (κ1) is 10.8. The maximum absolute atomic E-state index is 11.7. The average molecular weight is 231 g/mol. The molecule has 3 nitrogen and oxygen atoms in total. The van der Waals surface area contributed by atoms with Gasteiger partial charge in [-0.2, -0.15) is 0 Å². The Balaban J connectivity index is 1.96. The van der Waals surface area contributed by atoms with Crippen LogP contribution in [0.2, 0.25) is 0 Å². The monoisotopic (exact) mass is 231 g/mol. The van der Waals surface area contributed by atoms with Gasteiger partial charge in [0.15, 0.2) is 5.78 Å². The molecule has 0 bridgehead atoms. The second kappa shape index (κ2) is 4.15. The minimum Gasteiger partial charge on any atom is -0.377 e. The highest BCUT2D eigenvalue weighted by Crippen LogP contribution is 2.37. The lowest BCUT2D eigenvalue weighted by atomic mass is 10.1. The van der Waals surface area contributed by atoms with Crippen LogP contribution in [0.5, 0.6) is 0 Å². The minimum atomic E-state index is 0.145. The van der Waals surface area contributed by atoms with Crippen LogP contribution in [0.3, 0.4) is 0 Å². The summed E-state index contributed by atoms with van der Waals surface area (Å²) in [5, 5.41) is 0. The van der Waals surface area contributed by atoms with E-state index in [0.29, 0.717) is 12.1 Å². The van der Waals surface area contributed by atoms with Gasteiger partial charge >= 0.3 is 0 Å². The van der Waals surface area contributed by atoms with Crippen molar-refractivity contribution in [2.24, 2.45) is 0 Å². The molecule has 2 aliphatic rings. The van der Waals surface area contributed by atoms with E-state index in [9.17, 15) is 4.79 Å². The number of ketones is 1. The third-order valence-electron chi connectivity index (χ3n) is 3.52. The van der Waals surface area contributed by atoms with Crippen molar-refractivity contribution in [2.45, 2.75) is 31.8 Å². The van der Waals surface area contributed by atoms with Crippen molar-refractivity contribution in [3.63, 3.8) is 0 Å². The van der Waals surface area contributed by atoms with E-state index in [-0.39, 0.29) is 5.78 Å². The van der Waals surface area contributed by atoms with Crippen LogP contribution in [-0.4, -0.2) is 31.1 Å². The summed E-state index contributed by atoms with van der Waals surface area (Å²) in [5.41, 5.74) is 1.93. The minimum absolute atomic E-state index is 0.145. The molecule has 0 atom stereocenters. The molecule has 0 spiro atoms. The van der Waals surface area contributed by atoms with Gasteiger partial charge in [0.05, 0.1) is 19.3 Å². The first-order valence-electron chi connectivity index (χ1n) is 6.23. The van der Waals surface area contributed by atoms with Gasteiger partial charge in [0.25, 0.3) is 0 Å². The fourth-order valence-electron chi connectivity index (χ4n) is 2.42. The van der Waals surface area contributed by atoms with Crippen molar-refractivity contribution in [3.05, 3.63) is 29.8 Å². The Morgan fingerprint density at radius 2 is 1.94 bits per heavy atom. The van der Waals surface area contributed by atoms with E-state index in [2.05, 4.69) is 11.0 Å². The van der Waals surface area contributed by atoms with Crippen LogP contribution < -0.4 is 4.90 Å². The quantitative estimate of drug-likeness (QED) is 0.744. The van der Waals surface area contributed by atoms with Crippen molar-refractivity contribution in [3.8, 4) is 0 Å². The Hall–Kier alpha value is -1.35. The summed E-state index contributed by atoms with van der Waals surface area (Å²) in [4.78, 5) is 14.1. The summed E-state index contributed by atoms with van der Waals surface area (Å²) in [7, 11) is 0. The zero-order chi connectivity index (χ0) is 11.8. The Bertz CT molecular complexity index is 436. The van der Waals surface area contributed by atoms with E-state index in [1.165, 1.54) is 12.8 Å². The predicted octanol–water partition coefficient (Wildman–Crippen LogP) is 2.26. The Kier molecular flexibility index (Phi) is 2.63. The van der Waals surface area contributed by atoms with Crippen LogP contribution in [0, 0.1) is 0 Å². The molecule has 0 radical (unpaired) electrons. The van der Waals surface area contributed by atoms with Gasteiger partial charge in [0.1, 0.15) is 0 Å². The molecule has 2 fully saturated rings. The molecule has 0 unspecified atom stereocenters. The Morgan fingerprint density at radius 1 is 1.24 bits per heavy atom. The number of benzene rings is 1. The molecular weight excluding hydrogens is 214 g/mol. The standard InChI is InChI=1S/C14H17NO2/c1-10(16)13-4-2-3-5-14(13)15(11-6-7-11)12-8-17-9-12/h2-5,11-12H,6-9H2,1H3. The molecule has 1 aliphatic carbocycles. The molecule has 0 amide bonds. The number of carbonyl (C=O) groups excluding carboxylic acids is 1. The maximum atomic E-state index is 11.7. The average Bonchev–Trinajstić information content (AvgIpc) is 3.07. The molecule has 1 aromatic rings. The second-order valence-corrected chi connectivity index (χ2v) is 4.90. The third kappa shape index (κ3) is 1.95. The van der Waals surface area contributed by atoms with E-state index in [4.69, 9.17) is 4.74 Å². The number of carbonyl (C=O) groups is 1. The molecule has 1 aromatic carbocycles. The molecule has 90 valence electrons. The van der Waals surface area contributed by atoms with E-state index >= 15 is 0 Å². The van der Waals surface area contributed by atoms with Crippen molar-refractivity contribution in [1.29, 1.82) is 0 Å². The molecule has 3 heteroatoms. The number of anilines is 1. The van der Waals surface area contributed by atoms with Gasteiger partial charge in [-0.1, -0.05) is 12.1 Å². The Morgan fingerprint density at radius 3 is 2.47 bits per heavy atom. The fraction of sp³-hybridized carbons (Fsp3) is 0.500. The van der Waals surface area contributed by atoms with E-state index < -0.39 is 0 Å². The number of hydrogen-bond donors (Lipinski definition) is 0. The first-order valence-corrected chi connectivity index (χ1v) is 6.23. The number of Topliss-reactive ketones (excluding diaryl/α,β-unsaturated/α-hetero) is 1. The largest absolute Gasteiger partial charge is 0.377 e. The second-order valence-electron chi connectivity index (χ2n) is 4.90. The normalized spacial score (nSPS) is 19.8. The zero-order valence-electron chi connectivity index (χ0n) is 10.1. The smallest absolute Gasteiger partial charge is 0.161 e. The Labute approximate surface area is 101 Å². The van der Waals surface area contributed by atoms with E-state index in [0.717, 1.165) is 24.5 Å². The highest BCUT2D eigenvalue weighted by molar-refractivity contribution is 5.99. The van der Waals surface area contributed by atoms with Gasteiger partial charge < -0.3 is 9.64 Å². The lowest BCUT2D eigenvalue weighted by Gasteiger charge is -2.40. The van der Waals surface area contributed by atoms with Crippen LogP contribution in [0.15, 0.2) is 24.3 Å². The lowest BCUT2D eigenvalue weighted by Crippen LogP contribution is -2.50. The molecule has 0 N–H and O–H groups in total. The van der Waals surface area contributed by atoms with Crippen LogP contribution in [-0.2, 0) is 4.74 Å². The van der Waals surface area contributed by atoms with Gasteiger partial charge in [0.2, 0.25) is 0 Å². The molecule has 1 heterocycles. The van der Waals surface area contributed by atoms with E-state index in [1.54, 1.807) is 6.92 Å². The van der Waals surface area contributed by atoms with Gasteiger partial charge in [0, 0.05) is 17.3 Å². The summed E-state index contributed by atoms with van der Waals surface area (Å²) in [6.07, 6.45) is 2.48. The number of rotatable bonds is 4. The van der Waals surface area contributed by atoms with Gasteiger partial charge in [-0.25, -0.2) is 0 Å². The molecule has 3 rings (SSSR count). The van der Waals surface area contributed by atoms with Crippen LogP contribution >= 0.6 is 0 Å². The zero-order valence-corrected chi connectivity index (χ0v) is 10.1. The van der Waals surface area contributed by atoms with Crippen LogP contribution in [0.1, 0.15) is 30.1 Å². The summed E-state index contributed by atoms with van der Waals surface area (Å²) in [5.74, 6) is 0.145. The third-order valence-corrected chi connectivity index (χ3v) is 3.52. The number of ether oxygens (including phenoxy) is 1. The summed E-state index contributed by atoms with van der Waals surface area (Å²) in [6.45, 7) is 3.23. The molecule has 17 heavy (non-hydrogen) atoms. The maximum Gasteiger partial charge on any atom is 0.161 e. The molecule has 1 saturated carbocycles. The van der Waals surface area contributed by atoms with E-state index in [1.807, 2.05) is 18.2 Å². The van der Waals surface area contributed by atoms with Crippen molar-refractivity contribution < 1.29 is 9.53 Å². The van der Waals surface area contributed by atoms with Crippen molar-refractivity contribution in [2.75, 3.05) is 18.1 Å². The van der Waals surface area contributed by atoms with Crippen LogP contribution in [0.25, 0.3) is 0 Å². The summed E-state index contributed by atoms with van der Waals surface area (Å²) < 4.78 is 5.29. The number of para-hydroxylation sites is 1. The first-order chi connectivity index (χ1) is 8.27. The number of nitrogens with zero attached hydrogens (tertiary/aromatic N) is 1. The topological polar surface area (TPSA) is 29.5 Å². The molecule has 1 saturated heterocycles. The summed E-state index contributed by atoms with van der Waals surface area (Å²) in [6, 6.07) is 9.01. The van der Waals surface area contributed by atoms with Gasteiger partial charge in [-0.3, -0.25) is 4.79 Å². The molecule has 0 aromatic heterocycles. The molecule has 1 aliphatic heterocycles.